The number of rotatable bonds is 10. The van der Waals surface area contributed by atoms with Crippen molar-refractivity contribution in [3.8, 4) is 0 Å². The van der Waals surface area contributed by atoms with Gasteiger partial charge in [-0.25, -0.2) is 0 Å². The average Bonchev–Trinajstić information content (AvgIpc) is 2.93. The largest absolute Gasteiger partial charge is 0.430 e. The highest BCUT2D eigenvalue weighted by Gasteiger charge is 2.77. The summed E-state index contributed by atoms with van der Waals surface area (Å²) < 4.78 is 355. The van der Waals surface area contributed by atoms with Gasteiger partial charge in [0.05, 0.1) is 0 Å². The van der Waals surface area contributed by atoms with E-state index in [9.17, 15) is 105 Å². The number of benzene rings is 2. The van der Waals surface area contributed by atoms with Crippen LogP contribution in [-0.2, 0) is 41.4 Å². The van der Waals surface area contributed by atoms with Crippen LogP contribution >= 0.6 is 0 Å². The summed E-state index contributed by atoms with van der Waals surface area (Å²) in [5, 5.41) is 0. The Morgan fingerprint density at radius 2 is 0.421 bits per heavy atom. The second kappa shape index (κ2) is 14.7. The fourth-order valence-electron chi connectivity index (χ4n) is 5.99. The molecule has 0 bridgehead atoms. The van der Waals surface area contributed by atoms with E-state index in [4.69, 9.17) is 0 Å². The summed E-state index contributed by atoms with van der Waals surface area (Å²) in [6.45, 7) is 0. The molecule has 0 N–H and O–H groups in total. The van der Waals surface area contributed by atoms with Crippen molar-refractivity contribution in [3.05, 3.63) is 58.7 Å². The van der Waals surface area contributed by atoms with Gasteiger partial charge in [0, 0.05) is 50.7 Å². The van der Waals surface area contributed by atoms with Gasteiger partial charge in [-0.2, -0.15) is 105 Å². The van der Waals surface area contributed by atoms with Crippen LogP contribution < -0.4 is 10.9 Å². The number of alkyl halides is 24. The van der Waals surface area contributed by atoms with Crippen LogP contribution in [0, 0.1) is 0 Å². The van der Waals surface area contributed by atoms with Gasteiger partial charge in [-0.05, 0) is 12.1 Å². The van der Waals surface area contributed by atoms with Crippen LogP contribution in [0.1, 0.15) is 22.3 Å². The number of methoxy groups -OCH3 is 4. The SMILES string of the molecule is COC(c1cc(Bc2cc(C(OC)(C(F)(F)F)C(F)(F)F)cc(C(OC)(C(F)(F)F)C(F)(F)F)c2)cc(C(OC)(C(F)(F)F)C(F)(F)F)c1)(C(F)(F)F)C(F)(F)F. The molecule has 0 aliphatic carbocycles. The summed E-state index contributed by atoms with van der Waals surface area (Å²) in [7, 11) is -3.92. The maximum absolute atomic E-state index is 14.2. The lowest BCUT2D eigenvalue weighted by Gasteiger charge is -2.40. The average molecular weight is 886 g/mol. The standard InChI is InChI=1S/C28H19BF24O4/c1-54-17(21(30,31)32,22(33,34)35)11-5-12(18(55-2,23(36,37)38)24(39,40)41)8-15(7-11)29-16-9-13(19(56-3,25(42,43)44)26(45,46)47)6-14(10-16)20(57-4,27(48,49)50)28(51,52)53/h5-10,29H,1-4H3. The Hall–Kier alpha value is -3.34. The Kier molecular flexibility index (Phi) is 12.9. The van der Waals surface area contributed by atoms with Crippen molar-refractivity contribution in [2.75, 3.05) is 28.4 Å². The molecule has 29 heteroatoms. The first-order valence-corrected chi connectivity index (χ1v) is 14.2. The molecule has 4 nitrogen and oxygen atoms in total. The lowest BCUT2D eigenvalue weighted by molar-refractivity contribution is -0.386. The molecule has 0 fully saturated rings. The molecule has 2 aromatic rings. The van der Waals surface area contributed by atoms with Gasteiger partial charge in [0.25, 0.3) is 22.4 Å². The van der Waals surface area contributed by atoms with E-state index in [1.54, 1.807) is 0 Å². The van der Waals surface area contributed by atoms with Crippen molar-refractivity contribution in [2.45, 2.75) is 71.8 Å². The highest BCUT2D eigenvalue weighted by molar-refractivity contribution is 6.67. The second-order valence-electron chi connectivity index (χ2n) is 11.5. The predicted molar refractivity (Wildman–Crippen MR) is 142 cm³/mol. The molecular formula is C28H19BF24O4. The van der Waals surface area contributed by atoms with Crippen molar-refractivity contribution in [3.63, 3.8) is 0 Å². The molecule has 0 aliphatic rings. The van der Waals surface area contributed by atoms with Gasteiger partial charge in [0.15, 0.2) is 7.28 Å². The first kappa shape index (κ1) is 49.8. The van der Waals surface area contributed by atoms with Crippen LogP contribution in [-0.4, -0.2) is 85.1 Å². The minimum Gasteiger partial charge on any atom is -0.357 e. The zero-order chi connectivity index (χ0) is 45.2. The maximum atomic E-state index is 14.2. The molecule has 0 atom stereocenters. The van der Waals surface area contributed by atoms with Crippen LogP contribution in [0.4, 0.5) is 105 Å². The van der Waals surface area contributed by atoms with Gasteiger partial charge in [-0.15, -0.1) is 0 Å². The Morgan fingerprint density at radius 1 is 0.281 bits per heavy atom. The molecule has 0 saturated heterocycles. The first-order chi connectivity index (χ1) is 25.1. The van der Waals surface area contributed by atoms with Crippen LogP contribution in [0.3, 0.4) is 0 Å². The molecule has 2 rings (SSSR count). The van der Waals surface area contributed by atoms with Crippen LogP contribution in [0.2, 0.25) is 0 Å². The Bertz CT molecular complexity index is 1430. The number of hydrogen-bond donors (Lipinski definition) is 0. The zero-order valence-corrected chi connectivity index (χ0v) is 27.9. The third-order valence-electron chi connectivity index (χ3n) is 8.44. The van der Waals surface area contributed by atoms with E-state index in [2.05, 4.69) is 18.9 Å². The number of halogens is 24. The van der Waals surface area contributed by atoms with E-state index in [1.807, 2.05) is 0 Å². The van der Waals surface area contributed by atoms with Crippen LogP contribution in [0.5, 0.6) is 0 Å². The second-order valence-corrected chi connectivity index (χ2v) is 11.5. The van der Waals surface area contributed by atoms with Gasteiger partial charge in [0.1, 0.15) is 0 Å². The van der Waals surface area contributed by atoms with E-state index >= 15 is 0 Å². The van der Waals surface area contributed by atoms with Crippen LogP contribution in [0.15, 0.2) is 36.4 Å². The van der Waals surface area contributed by atoms with Gasteiger partial charge in [-0.3, -0.25) is 0 Å². The summed E-state index contributed by atoms with van der Waals surface area (Å²) in [4.78, 5) is 0. The Labute approximate surface area is 302 Å². The van der Waals surface area contributed by atoms with E-state index in [0.717, 1.165) is 0 Å². The van der Waals surface area contributed by atoms with E-state index in [-0.39, 0.29) is 0 Å². The van der Waals surface area contributed by atoms with Crippen LogP contribution in [0.25, 0.3) is 0 Å². The summed E-state index contributed by atoms with van der Waals surface area (Å²) in [5.74, 6) is 0. The molecule has 0 aromatic heterocycles. The third-order valence-corrected chi connectivity index (χ3v) is 8.44. The molecule has 0 radical (unpaired) electrons. The normalized spacial score (nSPS) is 15.3. The molecule has 0 saturated carbocycles. The molecule has 2 aromatic carbocycles. The van der Waals surface area contributed by atoms with E-state index in [0.29, 0.717) is 0 Å². The molecule has 0 heterocycles. The van der Waals surface area contributed by atoms with Crippen molar-refractivity contribution in [1.82, 2.24) is 0 Å². The Balaban J connectivity index is 3.49. The molecular weight excluding hydrogens is 867 g/mol. The van der Waals surface area contributed by atoms with Crippen molar-refractivity contribution < 1.29 is 124 Å². The van der Waals surface area contributed by atoms with E-state index < -0.39 is 177 Å². The lowest BCUT2D eigenvalue weighted by atomic mass is 9.61. The molecule has 57 heavy (non-hydrogen) atoms. The highest BCUT2D eigenvalue weighted by Crippen LogP contribution is 2.58. The summed E-state index contributed by atoms with van der Waals surface area (Å²) in [6.07, 6.45) is -55.4. The molecule has 0 unspecified atom stereocenters. The van der Waals surface area contributed by atoms with Crippen molar-refractivity contribution >= 4 is 18.2 Å². The highest BCUT2D eigenvalue weighted by atomic mass is 19.4. The monoisotopic (exact) mass is 886 g/mol. The predicted octanol–water partition coefficient (Wildman–Crippen LogP) is 8.94. The number of hydrogen-bond acceptors (Lipinski definition) is 4. The van der Waals surface area contributed by atoms with Gasteiger partial charge >= 0.3 is 49.4 Å². The zero-order valence-electron chi connectivity index (χ0n) is 27.9. The summed E-state index contributed by atoms with van der Waals surface area (Å²) in [6, 6.07) is -4.67. The lowest BCUT2D eigenvalue weighted by Crippen LogP contribution is -2.58. The molecule has 0 amide bonds. The molecule has 0 spiro atoms. The maximum Gasteiger partial charge on any atom is 0.430 e. The van der Waals surface area contributed by atoms with Gasteiger partial charge in [-0.1, -0.05) is 35.2 Å². The first-order valence-electron chi connectivity index (χ1n) is 14.2. The fourth-order valence-corrected chi connectivity index (χ4v) is 5.99. The van der Waals surface area contributed by atoms with Crippen molar-refractivity contribution in [2.24, 2.45) is 0 Å². The van der Waals surface area contributed by atoms with Crippen molar-refractivity contribution in [1.29, 1.82) is 0 Å². The minimum absolute atomic E-state index is 0.419. The van der Waals surface area contributed by atoms with Gasteiger partial charge < -0.3 is 18.9 Å². The molecule has 326 valence electrons. The van der Waals surface area contributed by atoms with Gasteiger partial charge in [0.2, 0.25) is 0 Å². The quantitative estimate of drug-likeness (QED) is 0.177. The summed E-state index contributed by atoms with van der Waals surface area (Å²) >= 11 is 0. The minimum atomic E-state index is -6.93. The molecule has 0 aliphatic heterocycles. The third kappa shape index (κ3) is 7.68. The number of ether oxygens (including phenoxy) is 4. The Morgan fingerprint density at radius 3 is 0.526 bits per heavy atom. The topological polar surface area (TPSA) is 36.9 Å². The van der Waals surface area contributed by atoms with E-state index in [1.165, 1.54) is 0 Å². The smallest absolute Gasteiger partial charge is 0.357 e. The fraction of sp³-hybridized carbons (Fsp3) is 0.571. The summed E-state index contributed by atoms with van der Waals surface area (Å²) in [5.41, 5.74) is -38.8.